The third kappa shape index (κ3) is 2.92. The van der Waals surface area contributed by atoms with Gasteiger partial charge in [0.2, 0.25) is 5.91 Å². The second kappa shape index (κ2) is 6.49. The van der Waals surface area contributed by atoms with Crippen molar-refractivity contribution in [2.45, 2.75) is 19.2 Å². The minimum absolute atomic E-state index is 0.286. The Morgan fingerprint density at radius 1 is 1.04 bits per heavy atom. The zero-order valence-electron chi connectivity index (χ0n) is 13.3. The molecule has 1 fully saturated rings. The number of amides is 3. The maximum atomic E-state index is 12.8. The van der Waals surface area contributed by atoms with Gasteiger partial charge in [-0.25, -0.2) is 4.90 Å². The van der Waals surface area contributed by atoms with Gasteiger partial charge in [0.25, 0.3) is 11.1 Å². The Morgan fingerprint density at radius 3 is 2.25 bits per heavy atom. The normalized spacial score (nSPS) is 17.2. The van der Waals surface area contributed by atoms with E-state index >= 15 is 0 Å². The van der Waals surface area contributed by atoms with Crippen molar-refractivity contribution >= 4 is 40.2 Å². The van der Waals surface area contributed by atoms with Crippen LogP contribution in [0.25, 0.3) is 0 Å². The van der Waals surface area contributed by atoms with Gasteiger partial charge >= 0.3 is 0 Å². The number of thioether (sulfide) groups is 1. The lowest BCUT2D eigenvalue weighted by Crippen LogP contribution is -2.44. The van der Waals surface area contributed by atoms with E-state index in [0.29, 0.717) is 11.4 Å². The molecule has 1 saturated heterocycles. The highest BCUT2D eigenvalue weighted by Crippen LogP contribution is 2.35. The quantitative estimate of drug-likeness (QED) is 0.857. The van der Waals surface area contributed by atoms with Crippen LogP contribution in [-0.4, -0.2) is 22.4 Å². The second-order valence-electron chi connectivity index (χ2n) is 5.47. The molecule has 3 rings (SSSR count). The summed E-state index contributed by atoms with van der Waals surface area (Å²) in [6.07, 6.45) is 0. The van der Waals surface area contributed by atoms with Crippen molar-refractivity contribution in [1.82, 2.24) is 0 Å². The van der Waals surface area contributed by atoms with E-state index in [1.54, 1.807) is 36.4 Å². The molecule has 6 heteroatoms. The van der Waals surface area contributed by atoms with E-state index in [-0.39, 0.29) is 11.1 Å². The molecule has 0 N–H and O–H groups in total. The van der Waals surface area contributed by atoms with Gasteiger partial charge in [0.05, 0.1) is 5.69 Å². The molecule has 24 heavy (non-hydrogen) atoms. The number of anilines is 2. The predicted molar refractivity (Wildman–Crippen MR) is 95.0 cm³/mol. The van der Waals surface area contributed by atoms with Crippen LogP contribution < -0.4 is 9.80 Å². The number of hydrogen-bond donors (Lipinski definition) is 0. The molecule has 0 unspecified atom stereocenters. The summed E-state index contributed by atoms with van der Waals surface area (Å²) in [6, 6.07) is 16.0. The van der Waals surface area contributed by atoms with Gasteiger partial charge in [0.1, 0.15) is 0 Å². The molecule has 0 aliphatic carbocycles. The maximum Gasteiger partial charge on any atom is 0.295 e. The number of carbonyl (C=O) groups is 3. The molecule has 0 spiro atoms. The molecule has 5 nitrogen and oxygen atoms in total. The van der Waals surface area contributed by atoms with Crippen LogP contribution in [0.2, 0.25) is 0 Å². The Labute approximate surface area is 144 Å². The Balaban J connectivity index is 1.95. The summed E-state index contributed by atoms with van der Waals surface area (Å²) in [5.41, 5.74) is 2.15. The molecule has 2 aromatic rings. The Morgan fingerprint density at radius 2 is 1.67 bits per heavy atom. The first-order chi connectivity index (χ1) is 11.5. The van der Waals surface area contributed by atoms with E-state index in [4.69, 9.17) is 0 Å². The molecule has 1 atom stereocenters. The van der Waals surface area contributed by atoms with E-state index in [1.165, 1.54) is 11.8 Å². The third-order valence-corrected chi connectivity index (χ3v) is 4.75. The van der Waals surface area contributed by atoms with Crippen molar-refractivity contribution < 1.29 is 14.4 Å². The number of para-hydroxylation sites is 1. The molecule has 0 aromatic heterocycles. The van der Waals surface area contributed by atoms with Crippen LogP contribution in [0.5, 0.6) is 0 Å². The summed E-state index contributed by atoms with van der Waals surface area (Å²) in [4.78, 5) is 39.8. The SMILES string of the molecule is CC(=O)N(c1ccccc1)[C@H]1SC(=O)N(c2ccc(C)cc2)C1=O. The van der Waals surface area contributed by atoms with Crippen molar-refractivity contribution in [3.8, 4) is 0 Å². The van der Waals surface area contributed by atoms with Crippen LogP contribution in [0.15, 0.2) is 54.6 Å². The van der Waals surface area contributed by atoms with Gasteiger partial charge in [0, 0.05) is 12.6 Å². The second-order valence-corrected chi connectivity index (χ2v) is 6.50. The molecule has 0 bridgehead atoms. The van der Waals surface area contributed by atoms with Gasteiger partial charge in [-0.3, -0.25) is 19.3 Å². The standard InChI is InChI=1S/C18H16N2O3S/c1-12-8-10-15(11-9-12)20-16(22)17(24-18(20)23)19(13(2)21)14-6-4-3-5-7-14/h3-11,17H,1-2H3/t17-/m0/s1. The molecule has 0 radical (unpaired) electrons. The van der Waals surface area contributed by atoms with Crippen LogP contribution in [-0.2, 0) is 9.59 Å². The summed E-state index contributed by atoms with van der Waals surface area (Å²) in [7, 11) is 0. The average Bonchev–Trinajstić information content (AvgIpc) is 2.84. The minimum atomic E-state index is -0.890. The van der Waals surface area contributed by atoms with Crippen LogP contribution in [0.1, 0.15) is 12.5 Å². The fraction of sp³-hybridized carbons (Fsp3) is 0.167. The van der Waals surface area contributed by atoms with Crippen LogP contribution in [0.3, 0.4) is 0 Å². The summed E-state index contributed by atoms with van der Waals surface area (Å²) >= 11 is 0.855. The number of benzene rings is 2. The molecule has 122 valence electrons. The van der Waals surface area contributed by atoms with Crippen LogP contribution >= 0.6 is 11.8 Å². The highest BCUT2D eigenvalue weighted by molar-refractivity contribution is 8.16. The molecule has 1 aliphatic heterocycles. The number of rotatable bonds is 3. The molecule has 2 aromatic carbocycles. The Kier molecular flexibility index (Phi) is 4.40. The maximum absolute atomic E-state index is 12.8. The number of carbonyl (C=O) groups excluding carboxylic acids is 3. The highest BCUT2D eigenvalue weighted by Gasteiger charge is 2.45. The van der Waals surface area contributed by atoms with Gasteiger partial charge < -0.3 is 0 Å². The van der Waals surface area contributed by atoms with Gasteiger partial charge in [-0.05, 0) is 43.0 Å². The van der Waals surface area contributed by atoms with E-state index < -0.39 is 11.3 Å². The number of nitrogens with zero attached hydrogens (tertiary/aromatic N) is 2. The third-order valence-electron chi connectivity index (χ3n) is 3.73. The monoisotopic (exact) mass is 340 g/mol. The molecule has 0 saturated carbocycles. The Hall–Kier alpha value is -2.60. The number of hydrogen-bond acceptors (Lipinski definition) is 4. The van der Waals surface area contributed by atoms with E-state index in [1.807, 2.05) is 25.1 Å². The predicted octanol–water partition coefficient (Wildman–Crippen LogP) is 3.57. The largest absolute Gasteiger partial charge is 0.295 e. The first-order valence-electron chi connectivity index (χ1n) is 7.45. The smallest absolute Gasteiger partial charge is 0.290 e. The zero-order chi connectivity index (χ0) is 17.3. The molecule has 1 heterocycles. The van der Waals surface area contributed by atoms with Crippen LogP contribution in [0.4, 0.5) is 16.2 Å². The summed E-state index contributed by atoms with van der Waals surface area (Å²) in [5.74, 6) is -0.696. The number of aryl methyl sites for hydroxylation is 1. The van der Waals surface area contributed by atoms with Gasteiger partial charge in [0.15, 0.2) is 5.37 Å². The fourth-order valence-electron chi connectivity index (χ4n) is 2.56. The van der Waals surface area contributed by atoms with Gasteiger partial charge in [-0.15, -0.1) is 0 Å². The van der Waals surface area contributed by atoms with E-state index in [0.717, 1.165) is 22.2 Å². The zero-order valence-corrected chi connectivity index (χ0v) is 14.1. The Bertz CT molecular complexity index is 790. The first kappa shape index (κ1) is 16.3. The molecular formula is C18H16N2O3S. The van der Waals surface area contributed by atoms with Gasteiger partial charge in [-0.1, -0.05) is 35.9 Å². The molecule has 1 aliphatic rings. The van der Waals surface area contributed by atoms with Crippen molar-refractivity contribution in [3.05, 3.63) is 60.2 Å². The first-order valence-corrected chi connectivity index (χ1v) is 8.33. The summed E-state index contributed by atoms with van der Waals surface area (Å²) < 4.78 is 0. The lowest BCUT2D eigenvalue weighted by Gasteiger charge is -2.25. The average molecular weight is 340 g/mol. The van der Waals surface area contributed by atoms with Crippen LogP contribution in [0, 0.1) is 6.92 Å². The highest BCUT2D eigenvalue weighted by atomic mass is 32.2. The van der Waals surface area contributed by atoms with Gasteiger partial charge in [-0.2, -0.15) is 0 Å². The lowest BCUT2D eigenvalue weighted by molar-refractivity contribution is -0.121. The fourth-order valence-corrected chi connectivity index (χ4v) is 3.63. The molecule has 3 amide bonds. The van der Waals surface area contributed by atoms with E-state index in [9.17, 15) is 14.4 Å². The number of imide groups is 1. The summed E-state index contributed by atoms with van der Waals surface area (Å²) in [5, 5.41) is -1.27. The van der Waals surface area contributed by atoms with Crippen molar-refractivity contribution in [1.29, 1.82) is 0 Å². The minimum Gasteiger partial charge on any atom is -0.290 e. The molecular weight excluding hydrogens is 324 g/mol. The van der Waals surface area contributed by atoms with E-state index in [2.05, 4.69) is 0 Å². The topological polar surface area (TPSA) is 57.7 Å². The summed E-state index contributed by atoms with van der Waals surface area (Å²) in [6.45, 7) is 3.32. The van der Waals surface area contributed by atoms with Crippen molar-refractivity contribution in [2.24, 2.45) is 0 Å². The van der Waals surface area contributed by atoms with Crippen molar-refractivity contribution in [3.63, 3.8) is 0 Å². The lowest BCUT2D eigenvalue weighted by atomic mass is 10.2. The van der Waals surface area contributed by atoms with Crippen molar-refractivity contribution in [2.75, 3.05) is 9.80 Å².